The minimum atomic E-state index is -0.345. The third kappa shape index (κ3) is 2.13. The van der Waals surface area contributed by atoms with Gasteiger partial charge in [0, 0.05) is 11.3 Å². The highest BCUT2D eigenvalue weighted by Crippen LogP contribution is 2.28. The van der Waals surface area contributed by atoms with Gasteiger partial charge in [-0.15, -0.1) is 0 Å². The van der Waals surface area contributed by atoms with Gasteiger partial charge in [0.2, 0.25) is 0 Å². The molecule has 0 heterocycles. The van der Waals surface area contributed by atoms with Crippen LogP contribution >= 0.6 is 0 Å². The molecule has 0 aliphatic carbocycles. The van der Waals surface area contributed by atoms with Crippen LogP contribution in [0.25, 0.3) is 11.1 Å². The molecule has 0 spiro atoms. The maximum atomic E-state index is 13.8. The molecule has 0 saturated carbocycles. The molecule has 0 amide bonds. The molecule has 0 saturated heterocycles. The second-order valence-electron chi connectivity index (χ2n) is 4.15. The van der Waals surface area contributed by atoms with E-state index in [9.17, 15) is 8.78 Å². The molecule has 2 aromatic rings. The lowest BCUT2D eigenvalue weighted by Crippen LogP contribution is -1.94. The largest absolute Gasteiger partial charge is 0.398 e. The van der Waals surface area contributed by atoms with Gasteiger partial charge in [-0.3, -0.25) is 0 Å². The lowest BCUT2D eigenvalue weighted by atomic mass is 10.0. The zero-order valence-corrected chi connectivity index (χ0v) is 9.72. The number of halogens is 2. The van der Waals surface area contributed by atoms with Crippen LogP contribution in [0.3, 0.4) is 0 Å². The molecule has 1 nitrogen and oxygen atoms in total. The fourth-order valence-corrected chi connectivity index (χ4v) is 1.72. The van der Waals surface area contributed by atoms with Gasteiger partial charge in [0.15, 0.2) is 0 Å². The summed E-state index contributed by atoms with van der Waals surface area (Å²) in [5, 5.41) is 0. The van der Waals surface area contributed by atoms with Crippen molar-refractivity contribution in [3.63, 3.8) is 0 Å². The quantitative estimate of drug-likeness (QED) is 0.744. The van der Waals surface area contributed by atoms with Gasteiger partial charge in [-0.2, -0.15) is 0 Å². The Balaban J connectivity index is 2.60. The minimum absolute atomic E-state index is 0.297. The van der Waals surface area contributed by atoms with Gasteiger partial charge < -0.3 is 5.73 Å². The molecule has 0 fully saturated rings. The highest BCUT2D eigenvalue weighted by molar-refractivity contribution is 5.70. The number of nitrogens with two attached hydrogens (primary N) is 1. The van der Waals surface area contributed by atoms with Crippen LogP contribution in [0.5, 0.6) is 0 Å². The number of rotatable bonds is 1. The molecule has 0 bridgehead atoms. The van der Waals surface area contributed by atoms with Crippen LogP contribution in [0.2, 0.25) is 0 Å². The number of hydrogen-bond acceptors (Lipinski definition) is 1. The average Bonchev–Trinajstić information content (AvgIpc) is 2.27. The summed E-state index contributed by atoms with van der Waals surface area (Å²) in [7, 11) is 0. The van der Waals surface area contributed by atoms with Crippen LogP contribution in [0.1, 0.15) is 11.1 Å². The molecule has 0 unspecified atom stereocenters. The average molecular weight is 233 g/mol. The minimum Gasteiger partial charge on any atom is -0.398 e. The van der Waals surface area contributed by atoms with Crippen LogP contribution in [-0.4, -0.2) is 0 Å². The van der Waals surface area contributed by atoms with Crippen LogP contribution in [0.15, 0.2) is 30.3 Å². The summed E-state index contributed by atoms with van der Waals surface area (Å²) >= 11 is 0. The molecule has 3 heteroatoms. The Labute approximate surface area is 98.9 Å². The Morgan fingerprint density at radius 1 is 0.882 bits per heavy atom. The fourth-order valence-electron chi connectivity index (χ4n) is 1.72. The van der Waals surface area contributed by atoms with E-state index in [4.69, 9.17) is 5.73 Å². The van der Waals surface area contributed by atoms with E-state index >= 15 is 0 Å². The molecular formula is C14H13F2N. The molecule has 0 atom stereocenters. The Morgan fingerprint density at radius 3 is 2.24 bits per heavy atom. The first-order valence-corrected chi connectivity index (χ1v) is 5.31. The maximum absolute atomic E-state index is 13.8. The monoisotopic (exact) mass is 233 g/mol. The molecule has 2 aromatic carbocycles. The molecule has 2 rings (SSSR count). The van der Waals surface area contributed by atoms with Crippen molar-refractivity contribution in [3.05, 3.63) is 53.1 Å². The summed E-state index contributed by atoms with van der Waals surface area (Å²) in [6.45, 7) is 3.40. The van der Waals surface area contributed by atoms with Crippen molar-refractivity contribution >= 4 is 5.69 Å². The van der Waals surface area contributed by atoms with Crippen molar-refractivity contribution in [1.29, 1.82) is 0 Å². The van der Waals surface area contributed by atoms with E-state index in [1.165, 1.54) is 12.1 Å². The summed E-state index contributed by atoms with van der Waals surface area (Å²) < 4.78 is 26.9. The molecule has 88 valence electrons. The number of aryl methyl sites for hydroxylation is 2. The zero-order chi connectivity index (χ0) is 12.6. The fraction of sp³-hybridized carbons (Fsp3) is 0.143. The Hall–Kier alpha value is -1.90. The summed E-state index contributed by atoms with van der Waals surface area (Å²) in [6, 6.07) is 7.47. The first kappa shape index (κ1) is 11.6. The number of nitrogen functional groups attached to an aromatic ring is 1. The van der Waals surface area contributed by atoms with Gasteiger partial charge in [0.25, 0.3) is 0 Å². The highest BCUT2D eigenvalue weighted by atomic mass is 19.1. The maximum Gasteiger partial charge on any atom is 0.131 e. The Morgan fingerprint density at radius 2 is 1.59 bits per heavy atom. The van der Waals surface area contributed by atoms with Gasteiger partial charge >= 0.3 is 0 Å². The van der Waals surface area contributed by atoms with Gasteiger partial charge in [-0.05, 0) is 54.8 Å². The molecule has 17 heavy (non-hydrogen) atoms. The summed E-state index contributed by atoms with van der Waals surface area (Å²) in [5.41, 5.74) is 8.50. The number of benzene rings is 2. The predicted molar refractivity (Wildman–Crippen MR) is 65.7 cm³/mol. The van der Waals surface area contributed by atoms with E-state index in [1.807, 2.05) is 0 Å². The van der Waals surface area contributed by atoms with Gasteiger partial charge in [-0.25, -0.2) is 8.78 Å². The van der Waals surface area contributed by atoms with E-state index in [2.05, 4.69) is 0 Å². The smallest absolute Gasteiger partial charge is 0.131 e. The summed E-state index contributed by atoms with van der Waals surface area (Å²) in [5.74, 6) is -0.642. The molecular weight excluding hydrogens is 220 g/mol. The summed E-state index contributed by atoms with van der Waals surface area (Å²) in [4.78, 5) is 0. The predicted octanol–water partition coefficient (Wildman–Crippen LogP) is 3.83. The lowest BCUT2D eigenvalue weighted by Gasteiger charge is -2.08. The van der Waals surface area contributed by atoms with Crippen LogP contribution < -0.4 is 5.73 Å². The second-order valence-corrected chi connectivity index (χ2v) is 4.15. The van der Waals surface area contributed by atoms with Crippen molar-refractivity contribution in [3.8, 4) is 11.1 Å². The topological polar surface area (TPSA) is 26.0 Å². The van der Waals surface area contributed by atoms with Gasteiger partial charge in [0.1, 0.15) is 11.6 Å². The van der Waals surface area contributed by atoms with Crippen molar-refractivity contribution in [1.82, 2.24) is 0 Å². The van der Waals surface area contributed by atoms with Crippen molar-refractivity contribution in [2.75, 3.05) is 5.73 Å². The van der Waals surface area contributed by atoms with E-state index < -0.39 is 0 Å². The van der Waals surface area contributed by atoms with E-state index in [0.717, 1.165) is 0 Å². The van der Waals surface area contributed by atoms with E-state index in [-0.39, 0.29) is 11.6 Å². The molecule has 0 aromatic heterocycles. The summed E-state index contributed by atoms with van der Waals surface area (Å²) in [6.07, 6.45) is 0. The van der Waals surface area contributed by atoms with Crippen molar-refractivity contribution in [2.24, 2.45) is 0 Å². The highest BCUT2D eigenvalue weighted by Gasteiger charge is 2.09. The number of anilines is 1. The molecule has 2 N–H and O–H groups in total. The van der Waals surface area contributed by atoms with Crippen LogP contribution in [-0.2, 0) is 0 Å². The first-order chi connectivity index (χ1) is 7.99. The van der Waals surface area contributed by atoms with Crippen molar-refractivity contribution in [2.45, 2.75) is 13.8 Å². The standard InChI is InChI=1S/C14H13F2N/c1-8-5-10(3-4-12(8)15)11-7-14(17)9(2)6-13(11)16/h3-7H,17H2,1-2H3. The SMILES string of the molecule is Cc1cc(F)c(-c2ccc(F)c(C)c2)cc1N. The van der Waals surface area contributed by atoms with Crippen LogP contribution in [0.4, 0.5) is 14.5 Å². The number of hydrogen-bond donors (Lipinski definition) is 1. The lowest BCUT2D eigenvalue weighted by molar-refractivity contribution is 0.617. The van der Waals surface area contributed by atoms with E-state index in [0.29, 0.717) is 27.9 Å². The van der Waals surface area contributed by atoms with Gasteiger partial charge in [0.05, 0.1) is 0 Å². The normalized spacial score (nSPS) is 10.6. The molecule has 0 radical (unpaired) electrons. The first-order valence-electron chi connectivity index (χ1n) is 5.31. The van der Waals surface area contributed by atoms with Crippen LogP contribution in [0, 0.1) is 25.5 Å². The van der Waals surface area contributed by atoms with E-state index in [1.54, 1.807) is 32.0 Å². The Bertz CT molecular complexity index is 577. The third-order valence-corrected chi connectivity index (χ3v) is 2.82. The molecule has 0 aliphatic heterocycles. The van der Waals surface area contributed by atoms with Crippen molar-refractivity contribution < 1.29 is 8.78 Å². The van der Waals surface area contributed by atoms with Gasteiger partial charge in [-0.1, -0.05) is 6.07 Å². The second kappa shape index (κ2) is 4.17. The Kier molecular flexibility index (Phi) is 2.84. The molecule has 0 aliphatic rings. The zero-order valence-electron chi connectivity index (χ0n) is 9.72. The third-order valence-electron chi connectivity index (χ3n) is 2.82.